The summed E-state index contributed by atoms with van der Waals surface area (Å²) in [5, 5.41) is 4.73. The number of anilines is 1. The van der Waals surface area contributed by atoms with E-state index in [1.54, 1.807) is 17.5 Å². The van der Waals surface area contributed by atoms with Crippen molar-refractivity contribution in [1.82, 2.24) is 9.13 Å². The molecule has 0 aliphatic heterocycles. The number of fused-ring (bicyclic) bond motifs is 1. The van der Waals surface area contributed by atoms with Gasteiger partial charge in [-0.15, -0.1) is 11.3 Å². The average Bonchev–Trinajstić information content (AvgIpc) is 3.18. The summed E-state index contributed by atoms with van der Waals surface area (Å²) in [6.45, 7) is 1.90. The molecule has 10 heteroatoms. The minimum absolute atomic E-state index is 0.261. The van der Waals surface area contributed by atoms with Crippen LogP contribution in [0, 0.1) is 0 Å². The van der Waals surface area contributed by atoms with Gasteiger partial charge in [0.05, 0.1) is 30.4 Å². The Bertz CT molecular complexity index is 1180. The molecule has 0 spiro atoms. The van der Waals surface area contributed by atoms with Gasteiger partial charge >= 0.3 is 5.69 Å². The van der Waals surface area contributed by atoms with Gasteiger partial charge in [0.1, 0.15) is 22.7 Å². The molecule has 0 saturated heterocycles. The number of nitrogens with zero attached hydrogens (tertiary/aromatic N) is 2. The molecule has 0 atom stereocenters. The second-order valence-corrected chi connectivity index (χ2v) is 7.52. The number of amides is 1. The molecule has 0 unspecified atom stereocenters. The molecular weight excluding hydrogens is 418 g/mol. The van der Waals surface area contributed by atoms with Crippen molar-refractivity contribution in [2.24, 2.45) is 0 Å². The lowest BCUT2D eigenvalue weighted by atomic mass is 10.2. The fourth-order valence-electron chi connectivity index (χ4n) is 3.00. The van der Waals surface area contributed by atoms with Crippen molar-refractivity contribution in [2.45, 2.75) is 26.4 Å². The summed E-state index contributed by atoms with van der Waals surface area (Å²) in [7, 11) is 2.93. The minimum Gasteiger partial charge on any atom is -0.495 e. The zero-order chi connectivity index (χ0) is 21.1. The molecular formula is C19H20ClN3O5S. The highest BCUT2D eigenvalue weighted by Crippen LogP contribution is 2.35. The van der Waals surface area contributed by atoms with Crippen LogP contribution in [0.25, 0.3) is 10.2 Å². The number of thiophene rings is 1. The Hall–Kier alpha value is -2.78. The summed E-state index contributed by atoms with van der Waals surface area (Å²) in [6.07, 6.45) is 0.625. The maximum atomic E-state index is 12.8. The van der Waals surface area contributed by atoms with Gasteiger partial charge in [-0.25, -0.2) is 4.79 Å². The monoisotopic (exact) mass is 437 g/mol. The van der Waals surface area contributed by atoms with E-state index in [-0.39, 0.29) is 18.6 Å². The highest BCUT2D eigenvalue weighted by atomic mass is 35.5. The topological polar surface area (TPSA) is 91.6 Å². The average molecular weight is 438 g/mol. The van der Waals surface area contributed by atoms with Crippen LogP contribution < -0.4 is 26.0 Å². The van der Waals surface area contributed by atoms with Crippen molar-refractivity contribution in [2.75, 3.05) is 19.5 Å². The van der Waals surface area contributed by atoms with Crippen LogP contribution in [0.15, 0.2) is 33.2 Å². The number of benzene rings is 1. The Morgan fingerprint density at radius 2 is 1.90 bits per heavy atom. The van der Waals surface area contributed by atoms with Gasteiger partial charge in [0, 0.05) is 12.6 Å². The summed E-state index contributed by atoms with van der Waals surface area (Å²) in [6, 6.07) is 4.73. The van der Waals surface area contributed by atoms with Crippen molar-refractivity contribution in [3.63, 3.8) is 0 Å². The number of methoxy groups -OCH3 is 2. The quantitative estimate of drug-likeness (QED) is 0.613. The molecule has 1 N–H and O–H groups in total. The third-order valence-corrected chi connectivity index (χ3v) is 5.52. The zero-order valence-electron chi connectivity index (χ0n) is 16.2. The van der Waals surface area contributed by atoms with E-state index in [9.17, 15) is 14.4 Å². The summed E-state index contributed by atoms with van der Waals surface area (Å²) in [5.74, 6) is 0.314. The third kappa shape index (κ3) is 4.01. The first-order valence-corrected chi connectivity index (χ1v) is 10.1. The standard InChI is InChI=1S/C19H20ClN3O5S/c1-4-6-22-18(25)17-13(5-7-29-17)23(19(22)26)10-16(24)21-12-8-11(20)14(27-2)9-15(12)28-3/h5,7-9H,4,6,10H2,1-3H3,(H,21,24). The first kappa shape index (κ1) is 20.9. The normalized spacial score (nSPS) is 10.9. The molecule has 3 rings (SSSR count). The van der Waals surface area contributed by atoms with E-state index >= 15 is 0 Å². The summed E-state index contributed by atoms with van der Waals surface area (Å²) in [5.41, 5.74) is -0.0632. The van der Waals surface area contributed by atoms with E-state index < -0.39 is 11.6 Å². The molecule has 0 radical (unpaired) electrons. The second-order valence-electron chi connectivity index (χ2n) is 6.20. The molecule has 0 aliphatic carbocycles. The molecule has 0 aliphatic rings. The Morgan fingerprint density at radius 1 is 1.17 bits per heavy atom. The molecule has 3 aromatic rings. The van der Waals surface area contributed by atoms with Crippen molar-refractivity contribution in [3.05, 3.63) is 49.4 Å². The van der Waals surface area contributed by atoms with Crippen LogP contribution in [0.1, 0.15) is 13.3 Å². The predicted molar refractivity (Wildman–Crippen MR) is 114 cm³/mol. The maximum Gasteiger partial charge on any atom is 0.332 e. The van der Waals surface area contributed by atoms with Gasteiger partial charge in [-0.3, -0.25) is 18.7 Å². The number of ether oxygens (including phenoxy) is 2. The van der Waals surface area contributed by atoms with Gasteiger partial charge in [-0.2, -0.15) is 0 Å². The largest absolute Gasteiger partial charge is 0.495 e. The fourth-order valence-corrected chi connectivity index (χ4v) is 4.08. The van der Waals surface area contributed by atoms with Crippen LogP contribution in [0.5, 0.6) is 11.5 Å². The van der Waals surface area contributed by atoms with Crippen LogP contribution in [0.4, 0.5) is 5.69 Å². The van der Waals surface area contributed by atoms with Gasteiger partial charge < -0.3 is 14.8 Å². The fraction of sp³-hybridized carbons (Fsp3) is 0.316. The first-order chi connectivity index (χ1) is 13.9. The molecule has 2 heterocycles. The van der Waals surface area contributed by atoms with Crippen LogP contribution in [0.2, 0.25) is 5.02 Å². The lowest BCUT2D eigenvalue weighted by Gasteiger charge is -2.15. The molecule has 8 nitrogen and oxygen atoms in total. The number of halogens is 1. The Labute approximate surface area is 175 Å². The van der Waals surface area contributed by atoms with Crippen molar-refractivity contribution in [1.29, 1.82) is 0 Å². The molecule has 2 aromatic heterocycles. The van der Waals surface area contributed by atoms with E-state index in [4.69, 9.17) is 21.1 Å². The van der Waals surface area contributed by atoms with E-state index in [2.05, 4.69) is 5.32 Å². The maximum absolute atomic E-state index is 12.8. The molecule has 1 aromatic carbocycles. The Kier molecular flexibility index (Phi) is 6.29. The Balaban J connectivity index is 1.97. The number of rotatable bonds is 7. The van der Waals surface area contributed by atoms with Crippen molar-refractivity contribution in [3.8, 4) is 11.5 Å². The lowest BCUT2D eigenvalue weighted by molar-refractivity contribution is -0.116. The number of hydrogen-bond acceptors (Lipinski definition) is 6. The third-order valence-electron chi connectivity index (χ3n) is 4.33. The van der Waals surface area contributed by atoms with Gasteiger partial charge in [0.2, 0.25) is 5.91 Å². The van der Waals surface area contributed by atoms with Crippen LogP contribution in [-0.4, -0.2) is 29.3 Å². The molecule has 29 heavy (non-hydrogen) atoms. The number of carbonyl (C=O) groups excluding carboxylic acids is 1. The summed E-state index contributed by atoms with van der Waals surface area (Å²) >= 11 is 7.38. The molecule has 1 amide bonds. The SMILES string of the molecule is CCCn1c(=O)c2sccc2n(CC(=O)Nc2cc(Cl)c(OC)cc2OC)c1=O. The van der Waals surface area contributed by atoms with Crippen molar-refractivity contribution < 1.29 is 14.3 Å². The number of nitrogens with one attached hydrogen (secondary N) is 1. The van der Waals surface area contributed by atoms with Gasteiger partial charge in [0.25, 0.3) is 5.56 Å². The van der Waals surface area contributed by atoms with Gasteiger partial charge in [-0.05, 0) is 23.9 Å². The second kappa shape index (κ2) is 8.71. The molecule has 0 bridgehead atoms. The smallest absolute Gasteiger partial charge is 0.332 e. The van der Waals surface area contributed by atoms with E-state index in [0.717, 1.165) is 4.57 Å². The molecule has 0 saturated carbocycles. The van der Waals surface area contributed by atoms with Gasteiger partial charge in [0.15, 0.2) is 0 Å². The number of hydrogen-bond donors (Lipinski definition) is 1. The molecule has 154 valence electrons. The highest BCUT2D eigenvalue weighted by molar-refractivity contribution is 7.17. The summed E-state index contributed by atoms with van der Waals surface area (Å²) in [4.78, 5) is 38.1. The van der Waals surface area contributed by atoms with E-state index in [0.29, 0.717) is 38.8 Å². The van der Waals surface area contributed by atoms with Gasteiger partial charge in [-0.1, -0.05) is 18.5 Å². The van der Waals surface area contributed by atoms with Crippen LogP contribution in [-0.2, 0) is 17.9 Å². The molecule has 0 fully saturated rings. The lowest BCUT2D eigenvalue weighted by Crippen LogP contribution is -2.41. The minimum atomic E-state index is -0.516. The number of carbonyl (C=O) groups is 1. The summed E-state index contributed by atoms with van der Waals surface area (Å²) < 4.78 is 13.3. The van der Waals surface area contributed by atoms with Crippen molar-refractivity contribution >= 4 is 44.7 Å². The predicted octanol–water partition coefficient (Wildman–Crippen LogP) is 2.94. The Morgan fingerprint density at radius 3 is 2.55 bits per heavy atom. The van der Waals surface area contributed by atoms with Crippen LogP contribution >= 0.6 is 22.9 Å². The number of aromatic nitrogens is 2. The highest BCUT2D eigenvalue weighted by Gasteiger charge is 2.18. The van der Waals surface area contributed by atoms with E-state index in [1.807, 2.05) is 6.92 Å². The first-order valence-electron chi connectivity index (χ1n) is 8.83. The zero-order valence-corrected chi connectivity index (χ0v) is 17.7. The van der Waals surface area contributed by atoms with E-state index in [1.165, 1.54) is 36.2 Å². The van der Waals surface area contributed by atoms with Crippen LogP contribution in [0.3, 0.4) is 0 Å².